The van der Waals surface area contributed by atoms with Crippen molar-refractivity contribution >= 4 is 23.4 Å². The average molecular weight is 406 g/mol. The number of nitrogens with zero attached hydrogens (tertiary/aromatic N) is 1. The zero-order valence-corrected chi connectivity index (χ0v) is 17.3. The lowest BCUT2D eigenvalue weighted by Gasteiger charge is -2.22. The van der Waals surface area contributed by atoms with Crippen LogP contribution in [0.3, 0.4) is 0 Å². The Kier molecular flexibility index (Phi) is 5.76. The zero-order chi connectivity index (χ0) is 20.2. The van der Waals surface area contributed by atoms with E-state index in [1.165, 1.54) is 0 Å². The van der Waals surface area contributed by atoms with E-state index in [1.54, 1.807) is 26.0 Å². The van der Waals surface area contributed by atoms with Crippen LogP contribution in [0, 0.1) is 0 Å². The van der Waals surface area contributed by atoms with Crippen LogP contribution >= 0.6 is 11.8 Å². The minimum Gasteiger partial charge on any atom is -0.493 e. The standard InChI is InChI=1S/C24H23NO3S/c1-27-20-13-12-18(14-21(20)28-2)23-15-24(26)25(16-17-8-4-3-5-9-17)19-10-6-7-11-22(19)29-23/h3-14,23H,15-16H2,1-2H3/t23-/m0/s1. The van der Waals surface area contributed by atoms with Crippen molar-refractivity contribution in [3.8, 4) is 11.5 Å². The molecular formula is C24H23NO3S. The smallest absolute Gasteiger partial charge is 0.228 e. The van der Waals surface area contributed by atoms with E-state index in [9.17, 15) is 4.79 Å². The molecule has 0 saturated heterocycles. The predicted molar refractivity (Wildman–Crippen MR) is 117 cm³/mol. The molecule has 0 saturated carbocycles. The molecule has 1 amide bonds. The molecule has 0 unspecified atom stereocenters. The monoisotopic (exact) mass is 405 g/mol. The molecule has 4 rings (SSSR count). The van der Waals surface area contributed by atoms with Gasteiger partial charge in [0.05, 0.1) is 26.5 Å². The number of hydrogen-bond acceptors (Lipinski definition) is 4. The van der Waals surface area contributed by atoms with Crippen LogP contribution in [0.15, 0.2) is 77.7 Å². The first kappa shape index (κ1) is 19.4. The van der Waals surface area contributed by atoms with Crippen LogP contribution in [-0.4, -0.2) is 20.1 Å². The highest BCUT2D eigenvalue weighted by atomic mass is 32.2. The molecule has 0 radical (unpaired) electrons. The molecule has 5 heteroatoms. The van der Waals surface area contributed by atoms with Crippen LogP contribution in [0.25, 0.3) is 0 Å². The molecule has 1 aliphatic rings. The van der Waals surface area contributed by atoms with E-state index in [1.807, 2.05) is 59.5 Å². The van der Waals surface area contributed by atoms with Crippen LogP contribution < -0.4 is 14.4 Å². The van der Waals surface area contributed by atoms with Crippen LogP contribution in [0.5, 0.6) is 11.5 Å². The van der Waals surface area contributed by atoms with E-state index in [2.05, 4.69) is 18.2 Å². The second-order valence-corrected chi connectivity index (χ2v) is 8.10. The van der Waals surface area contributed by atoms with Crippen molar-refractivity contribution in [3.05, 3.63) is 83.9 Å². The Balaban J connectivity index is 1.69. The molecular weight excluding hydrogens is 382 g/mol. The maximum absolute atomic E-state index is 13.3. The van der Waals surface area contributed by atoms with Crippen molar-refractivity contribution in [1.29, 1.82) is 0 Å². The Labute approximate surface area is 175 Å². The summed E-state index contributed by atoms with van der Waals surface area (Å²) in [6.07, 6.45) is 0.418. The first-order chi connectivity index (χ1) is 14.2. The predicted octanol–water partition coefficient (Wildman–Crippen LogP) is 5.47. The summed E-state index contributed by atoms with van der Waals surface area (Å²) in [6, 6.07) is 24.1. The van der Waals surface area contributed by atoms with Crippen molar-refractivity contribution in [2.75, 3.05) is 19.1 Å². The van der Waals surface area contributed by atoms with Gasteiger partial charge < -0.3 is 14.4 Å². The number of thioether (sulfide) groups is 1. The number of hydrogen-bond donors (Lipinski definition) is 0. The SMILES string of the molecule is COc1ccc([C@@H]2CC(=O)N(Cc3ccccc3)c3ccccc3S2)cc1OC. The fourth-order valence-electron chi connectivity index (χ4n) is 3.56. The number of benzene rings is 3. The number of ether oxygens (including phenoxy) is 2. The molecule has 0 N–H and O–H groups in total. The summed E-state index contributed by atoms with van der Waals surface area (Å²) in [5.41, 5.74) is 3.14. The first-order valence-electron chi connectivity index (χ1n) is 9.51. The first-order valence-corrected chi connectivity index (χ1v) is 10.4. The number of para-hydroxylation sites is 1. The molecule has 3 aromatic carbocycles. The molecule has 0 spiro atoms. The average Bonchev–Trinajstić information content (AvgIpc) is 2.90. The van der Waals surface area contributed by atoms with E-state index in [4.69, 9.17) is 9.47 Å². The lowest BCUT2D eigenvalue weighted by molar-refractivity contribution is -0.118. The van der Waals surface area contributed by atoms with Gasteiger partial charge in [-0.1, -0.05) is 48.5 Å². The molecule has 1 atom stereocenters. The van der Waals surface area contributed by atoms with Crippen LogP contribution in [0.2, 0.25) is 0 Å². The highest BCUT2D eigenvalue weighted by Crippen LogP contribution is 2.47. The van der Waals surface area contributed by atoms with E-state index in [-0.39, 0.29) is 11.2 Å². The van der Waals surface area contributed by atoms with Gasteiger partial charge in [0.2, 0.25) is 5.91 Å². The van der Waals surface area contributed by atoms with E-state index >= 15 is 0 Å². The van der Waals surface area contributed by atoms with E-state index < -0.39 is 0 Å². The summed E-state index contributed by atoms with van der Waals surface area (Å²) in [6.45, 7) is 0.565. The summed E-state index contributed by atoms with van der Waals surface area (Å²) in [4.78, 5) is 16.3. The van der Waals surface area contributed by atoms with Gasteiger partial charge in [-0.05, 0) is 35.4 Å². The van der Waals surface area contributed by atoms with Crippen molar-refractivity contribution in [1.82, 2.24) is 0 Å². The third-order valence-electron chi connectivity index (χ3n) is 5.05. The summed E-state index contributed by atoms with van der Waals surface area (Å²) < 4.78 is 10.8. The fourth-order valence-corrected chi connectivity index (χ4v) is 4.83. The molecule has 148 valence electrons. The van der Waals surface area contributed by atoms with Gasteiger partial charge in [0.15, 0.2) is 11.5 Å². The molecule has 29 heavy (non-hydrogen) atoms. The van der Waals surface area contributed by atoms with Crippen LogP contribution in [-0.2, 0) is 11.3 Å². The van der Waals surface area contributed by atoms with E-state index in [0.717, 1.165) is 21.7 Å². The van der Waals surface area contributed by atoms with Crippen molar-refractivity contribution in [3.63, 3.8) is 0 Å². The molecule has 0 bridgehead atoms. The van der Waals surface area contributed by atoms with Crippen molar-refractivity contribution in [2.45, 2.75) is 23.1 Å². The maximum Gasteiger partial charge on any atom is 0.228 e. The van der Waals surface area contributed by atoms with Gasteiger partial charge in [-0.25, -0.2) is 0 Å². The summed E-state index contributed by atoms with van der Waals surface area (Å²) in [7, 11) is 3.25. The van der Waals surface area contributed by atoms with Gasteiger partial charge in [0.1, 0.15) is 0 Å². The molecule has 3 aromatic rings. The van der Waals surface area contributed by atoms with Gasteiger partial charge in [-0.15, -0.1) is 11.8 Å². The minimum absolute atomic E-state index is 0.00392. The molecule has 0 aliphatic carbocycles. The highest BCUT2D eigenvalue weighted by Gasteiger charge is 2.29. The number of carbonyl (C=O) groups is 1. The molecule has 0 fully saturated rings. The number of rotatable bonds is 5. The fraction of sp³-hybridized carbons (Fsp3) is 0.208. The minimum atomic E-state index is 0.00392. The largest absolute Gasteiger partial charge is 0.493 e. The zero-order valence-electron chi connectivity index (χ0n) is 16.5. The summed E-state index contributed by atoms with van der Waals surface area (Å²) >= 11 is 1.72. The van der Waals surface area contributed by atoms with Gasteiger partial charge in [0, 0.05) is 16.6 Å². The second kappa shape index (κ2) is 8.62. The Morgan fingerprint density at radius 3 is 2.41 bits per heavy atom. The van der Waals surface area contributed by atoms with Crippen molar-refractivity contribution in [2.24, 2.45) is 0 Å². The normalized spacial score (nSPS) is 16.1. The number of amides is 1. The second-order valence-electron chi connectivity index (χ2n) is 6.86. The molecule has 1 heterocycles. The van der Waals surface area contributed by atoms with Gasteiger partial charge in [0.25, 0.3) is 0 Å². The number of anilines is 1. The maximum atomic E-state index is 13.3. The Morgan fingerprint density at radius 1 is 0.931 bits per heavy atom. The lowest BCUT2D eigenvalue weighted by Crippen LogP contribution is -2.30. The molecule has 0 aromatic heterocycles. The number of fused-ring (bicyclic) bond motifs is 1. The van der Waals surface area contributed by atoms with Crippen molar-refractivity contribution < 1.29 is 14.3 Å². The van der Waals surface area contributed by atoms with E-state index in [0.29, 0.717) is 24.5 Å². The van der Waals surface area contributed by atoms with Crippen LogP contribution in [0.1, 0.15) is 22.8 Å². The number of methoxy groups -OCH3 is 2. The summed E-state index contributed by atoms with van der Waals surface area (Å²) in [5, 5.41) is 0.00392. The Bertz CT molecular complexity index is 1010. The Morgan fingerprint density at radius 2 is 1.66 bits per heavy atom. The Hall–Kier alpha value is -2.92. The third-order valence-corrected chi connectivity index (χ3v) is 6.37. The quantitative estimate of drug-likeness (QED) is 0.564. The van der Waals surface area contributed by atoms with Gasteiger partial charge in [-0.3, -0.25) is 4.79 Å². The summed E-state index contributed by atoms with van der Waals surface area (Å²) in [5.74, 6) is 1.48. The highest BCUT2D eigenvalue weighted by molar-refractivity contribution is 7.99. The number of carbonyl (C=O) groups excluding carboxylic acids is 1. The van der Waals surface area contributed by atoms with Crippen LogP contribution in [0.4, 0.5) is 5.69 Å². The lowest BCUT2D eigenvalue weighted by atomic mass is 10.1. The topological polar surface area (TPSA) is 38.8 Å². The van der Waals surface area contributed by atoms with Gasteiger partial charge in [-0.2, -0.15) is 0 Å². The molecule has 4 nitrogen and oxygen atoms in total. The molecule has 1 aliphatic heterocycles. The van der Waals surface area contributed by atoms with Gasteiger partial charge >= 0.3 is 0 Å². The third kappa shape index (κ3) is 4.10.